The van der Waals surface area contributed by atoms with Crippen LogP contribution < -0.4 is 10.6 Å². The van der Waals surface area contributed by atoms with Gasteiger partial charge in [-0.05, 0) is 0 Å². The van der Waals surface area contributed by atoms with Crippen LogP contribution in [0.5, 0.6) is 0 Å². The second-order valence-electron chi connectivity index (χ2n) is 4.84. The summed E-state index contributed by atoms with van der Waals surface area (Å²) in [6.07, 6.45) is 0. The molecule has 0 saturated carbocycles. The maximum atomic E-state index is 13.7. The minimum Gasteiger partial charge on any atom is -0.478 e. The summed E-state index contributed by atoms with van der Waals surface area (Å²) in [4.78, 5) is 11.2. The Morgan fingerprint density at radius 3 is 1.71 bits per heavy atom. The van der Waals surface area contributed by atoms with E-state index in [1.807, 2.05) is 12.1 Å². The first-order valence-electron chi connectivity index (χ1n) is 6.61. The van der Waals surface area contributed by atoms with Crippen LogP contribution >= 0.6 is 7.14 Å². The smallest absolute Gasteiger partial charge is 0.331 e. The highest BCUT2D eigenvalue weighted by molar-refractivity contribution is 7.79. The molecule has 4 heteroatoms. The molecule has 21 heavy (non-hydrogen) atoms. The summed E-state index contributed by atoms with van der Waals surface area (Å²) < 4.78 is 13.7. The topological polar surface area (TPSA) is 54.4 Å². The molecule has 3 nitrogen and oxygen atoms in total. The number of carboxylic acids is 1. The lowest BCUT2D eigenvalue weighted by atomic mass is 10.2. The van der Waals surface area contributed by atoms with Gasteiger partial charge in [0.25, 0.3) is 0 Å². The average Bonchev–Trinajstić information content (AvgIpc) is 2.54. The number of hydrogen-bond donors (Lipinski definition) is 1. The third kappa shape index (κ3) is 2.84. The Hall–Kier alpha value is -2.12. The van der Waals surface area contributed by atoms with E-state index in [1.165, 1.54) is 0 Å². The van der Waals surface area contributed by atoms with Gasteiger partial charge in [-0.3, -0.25) is 0 Å². The van der Waals surface area contributed by atoms with Crippen molar-refractivity contribution in [3.8, 4) is 0 Å². The second kappa shape index (κ2) is 6.11. The fourth-order valence-electron chi connectivity index (χ4n) is 2.29. The minimum atomic E-state index is -3.11. The third-order valence-electron chi connectivity index (χ3n) is 3.60. The molecule has 2 aromatic rings. The van der Waals surface area contributed by atoms with Crippen molar-refractivity contribution >= 4 is 23.7 Å². The molecule has 0 fully saturated rings. The van der Waals surface area contributed by atoms with Crippen LogP contribution in [0.25, 0.3) is 0 Å². The quantitative estimate of drug-likeness (QED) is 0.682. The molecule has 1 N–H and O–H groups in total. The van der Waals surface area contributed by atoms with Gasteiger partial charge < -0.3 is 9.67 Å². The largest absolute Gasteiger partial charge is 0.478 e. The number of rotatable bonds is 5. The molecule has 0 heterocycles. The van der Waals surface area contributed by atoms with E-state index in [4.69, 9.17) is 0 Å². The summed E-state index contributed by atoms with van der Waals surface area (Å²) in [6, 6.07) is 18.0. The van der Waals surface area contributed by atoms with Crippen LogP contribution in [0.3, 0.4) is 0 Å². The minimum absolute atomic E-state index is 0.0361. The lowest BCUT2D eigenvalue weighted by Crippen LogP contribution is -2.27. The predicted molar refractivity (Wildman–Crippen MR) is 86.0 cm³/mol. The van der Waals surface area contributed by atoms with E-state index in [-0.39, 0.29) is 5.57 Å². The van der Waals surface area contributed by atoms with E-state index in [2.05, 4.69) is 6.58 Å². The number of aliphatic carboxylic acids is 1. The normalized spacial score (nSPS) is 12.6. The Kier molecular flexibility index (Phi) is 4.44. The Morgan fingerprint density at radius 2 is 1.38 bits per heavy atom. The summed E-state index contributed by atoms with van der Waals surface area (Å²) in [5.41, 5.74) is -0.703. The van der Waals surface area contributed by atoms with Crippen molar-refractivity contribution in [2.45, 2.75) is 12.6 Å². The van der Waals surface area contributed by atoms with E-state index in [0.717, 1.165) is 0 Å². The molecule has 0 saturated heterocycles. The van der Waals surface area contributed by atoms with Gasteiger partial charge in [-0.25, -0.2) is 4.79 Å². The molecule has 0 radical (unpaired) electrons. The van der Waals surface area contributed by atoms with Gasteiger partial charge in [0, 0.05) is 21.8 Å². The lowest BCUT2D eigenvalue weighted by Gasteiger charge is -2.26. The first-order chi connectivity index (χ1) is 9.98. The number of benzene rings is 2. The molecular weight excluding hydrogens is 283 g/mol. The van der Waals surface area contributed by atoms with E-state index in [0.29, 0.717) is 10.6 Å². The summed E-state index contributed by atoms with van der Waals surface area (Å²) in [7, 11) is -3.11. The van der Waals surface area contributed by atoms with Crippen molar-refractivity contribution in [1.29, 1.82) is 0 Å². The highest BCUT2D eigenvalue weighted by Gasteiger charge is 2.37. The Morgan fingerprint density at radius 1 is 1.00 bits per heavy atom. The van der Waals surface area contributed by atoms with Crippen molar-refractivity contribution < 1.29 is 14.5 Å². The van der Waals surface area contributed by atoms with Crippen LogP contribution in [0, 0.1) is 0 Å². The second-order valence-corrected chi connectivity index (χ2v) is 7.96. The summed E-state index contributed by atoms with van der Waals surface area (Å²) in [5, 5.41) is 10.5. The zero-order valence-corrected chi connectivity index (χ0v) is 12.7. The van der Waals surface area contributed by atoms with Crippen molar-refractivity contribution in [2.24, 2.45) is 0 Å². The Balaban J connectivity index is 2.64. The van der Waals surface area contributed by atoms with Gasteiger partial charge in [0.15, 0.2) is 0 Å². The molecule has 108 valence electrons. The lowest BCUT2D eigenvalue weighted by molar-refractivity contribution is -0.132. The highest BCUT2D eigenvalue weighted by Crippen LogP contribution is 2.50. The predicted octanol–water partition coefficient (Wildman–Crippen LogP) is 3.03. The third-order valence-corrected chi connectivity index (χ3v) is 7.14. The van der Waals surface area contributed by atoms with Crippen molar-refractivity contribution in [1.82, 2.24) is 0 Å². The molecule has 0 amide bonds. The maximum Gasteiger partial charge on any atom is 0.331 e. The van der Waals surface area contributed by atoms with E-state index >= 15 is 0 Å². The van der Waals surface area contributed by atoms with Gasteiger partial charge in [-0.15, -0.1) is 0 Å². The van der Waals surface area contributed by atoms with Gasteiger partial charge >= 0.3 is 5.97 Å². The Labute approximate surface area is 124 Å². The molecule has 0 spiro atoms. The molecule has 2 rings (SSSR count). The van der Waals surface area contributed by atoms with Crippen LogP contribution in [0.15, 0.2) is 72.8 Å². The van der Waals surface area contributed by atoms with Crippen molar-refractivity contribution in [3.05, 3.63) is 72.8 Å². The summed E-state index contributed by atoms with van der Waals surface area (Å²) in [6.45, 7) is 5.26. The summed E-state index contributed by atoms with van der Waals surface area (Å²) >= 11 is 0. The highest BCUT2D eigenvalue weighted by atomic mass is 31.2. The number of carboxylic acid groups (broad SMARTS) is 1. The van der Waals surface area contributed by atoms with Gasteiger partial charge in [0.2, 0.25) is 0 Å². The maximum absolute atomic E-state index is 13.7. The van der Waals surface area contributed by atoms with Crippen molar-refractivity contribution in [2.75, 3.05) is 0 Å². The van der Waals surface area contributed by atoms with Crippen LogP contribution in [0.1, 0.15) is 6.92 Å². The molecular formula is C17H17O3P. The van der Waals surface area contributed by atoms with Gasteiger partial charge in [-0.2, -0.15) is 0 Å². The molecule has 0 aliphatic carbocycles. The number of hydrogen-bond acceptors (Lipinski definition) is 2. The first-order valence-corrected chi connectivity index (χ1v) is 8.38. The van der Waals surface area contributed by atoms with Crippen LogP contribution in [-0.4, -0.2) is 16.7 Å². The van der Waals surface area contributed by atoms with Gasteiger partial charge in [0.1, 0.15) is 7.14 Å². The zero-order valence-electron chi connectivity index (χ0n) is 11.8. The molecule has 2 aromatic carbocycles. The van der Waals surface area contributed by atoms with Crippen molar-refractivity contribution in [3.63, 3.8) is 0 Å². The van der Waals surface area contributed by atoms with Crippen LogP contribution in [0.2, 0.25) is 0 Å². The molecule has 1 unspecified atom stereocenters. The average molecular weight is 300 g/mol. The fraction of sp³-hybridized carbons (Fsp3) is 0.118. The summed E-state index contributed by atoms with van der Waals surface area (Å²) in [5.74, 6) is -1.12. The van der Waals surface area contributed by atoms with Gasteiger partial charge in [0.05, 0.1) is 0 Å². The zero-order chi connectivity index (χ0) is 15.5. The SMILES string of the molecule is C=C(C(=O)O)C(C)P(=O)(c1ccccc1)c1ccccc1. The van der Waals surface area contributed by atoms with E-state index < -0.39 is 18.8 Å². The molecule has 0 aliphatic heterocycles. The van der Waals surface area contributed by atoms with E-state index in [1.54, 1.807) is 55.5 Å². The molecule has 0 bridgehead atoms. The van der Waals surface area contributed by atoms with E-state index in [9.17, 15) is 14.5 Å². The van der Waals surface area contributed by atoms with Crippen LogP contribution in [-0.2, 0) is 9.36 Å². The standard InChI is InChI=1S/C17H17O3P/c1-13(17(18)19)14(2)21(20,15-9-5-3-6-10-15)16-11-7-4-8-12-16/h3-12,14H,1H2,2H3,(H,18,19). The Bertz CT molecular complexity index is 649. The number of carbonyl (C=O) groups is 1. The van der Waals surface area contributed by atoms with Gasteiger partial charge in [-0.1, -0.05) is 74.2 Å². The monoisotopic (exact) mass is 300 g/mol. The van der Waals surface area contributed by atoms with Crippen LogP contribution in [0.4, 0.5) is 0 Å². The fourth-order valence-corrected chi connectivity index (χ4v) is 5.27. The molecule has 0 aliphatic rings. The first kappa shape index (κ1) is 15.3. The molecule has 0 aromatic heterocycles. The molecule has 1 atom stereocenters.